The molecule has 0 saturated carbocycles. The molecule has 1 aromatic heterocycles. The van der Waals surface area contributed by atoms with Crippen LogP contribution in [0.3, 0.4) is 0 Å². The normalized spacial score (nSPS) is 13.0. The largest absolute Gasteiger partial charge is 0.480 e. The lowest BCUT2D eigenvalue weighted by Gasteiger charge is -2.29. The summed E-state index contributed by atoms with van der Waals surface area (Å²) in [6.07, 6.45) is 2.35. The number of H-pyrrole nitrogens is 1. The minimum atomic E-state index is -3.86. The van der Waals surface area contributed by atoms with E-state index in [9.17, 15) is 13.2 Å². The number of imidazole rings is 1. The topological polar surface area (TPSA) is 103 Å². The highest BCUT2D eigenvalue weighted by molar-refractivity contribution is 7.89. The van der Waals surface area contributed by atoms with Crippen molar-refractivity contribution in [1.29, 1.82) is 0 Å². The summed E-state index contributed by atoms with van der Waals surface area (Å²) in [6, 6.07) is 0. The average molecular weight is 247 g/mol. The molecule has 0 unspecified atom stereocenters. The number of likely N-dealkylation sites (N-methyl/N-ethyl adjacent to an activating group) is 1. The number of carboxylic acids is 1. The van der Waals surface area contributed by atoms with E-state index in [1.165, 1.54) is 27.2 Å². The van der Waals surface area contributed by atoms with Crippen LogP contribution in [-0.4, -0.2) is 46.4 Å². The Kier molecular flexibility index (Phi) is 3.06. The van der Waals surface area contributed by atoms with Crippen molar-refractivity contribution in [2.45, 2.75) is 24.4 Å². The summed E-state index contributed by atoms with van der Waals surface area (Å²) in [5, 5.41) is 8.81. The maximum Gasteiger partial charge on any atom is 0.324 e. The van der Waals surface area contributed by atoms with E-state index in [0.29, 0.717) is 0 Å². The Hall–Kier alpha value is -1.41. The highest BCUT2D eigenvalue weighted by Gasteiger charge is 2.40. The fourth-order valence-corrected chi connectivity index (χ4v) is 2.34. The molecule has 16 heavy (non-hydrogen) atoms. The van der Waals surface area contributed by atoms with Crippen molar-refractivity contribution in [2.75, 3.05) is 7.05 Å². The molecule has 0 atom stereocenters. The number of aliphatic carboxylic acids is 1. The molecular weight excluding hydrogens is 234 g/mol. The Morgan fingerprint density at radius 1 is 1.56 bits per heavy atom. The van der Waals surface area contributed by atoms with Crippen molar-refractivity contribution < 1.29 is 18.3 Å². The van der Waals surface area contributed by atoms with Crippen molar-refractivity contribution in [3.63, 3.8) is 0 Å². The van der Waals surface area contributed by atoms with Gasteiger partial charge in [-0.2, -0.15) is 4.31 Å². The molecule has 0 amide bonds. The fourth-order valence-electron chi connectivity index (χ4n) is 0.967. The first-order chi connectivity index (χ1) is 7.20. The van der Waals surface area contributed by atoms with E-state index >= 15 is 0 Å². The lowest BCUT2D eigenvalue weighted by Crippen LogP contribution is -2.50. The molecule has 8 heteroatoms. The molecule has 1 rings (SSSR count). The van der Waals surface area contributed by atoms with Gasteiger partial charge in [0, 0.05) is 7.05 Å². The molecule has 0 aliphatic heterocycles. The minimum absolute atomic E-state index is 0.135. The second-order valence-corrected chi connectivity index (χ2v) is 5.69. The van der Waals surface area contributed by atoms with E-state index in [2.05, 4.69) is 9.97 Å². The van der Waals surface area contributed by atoms with Crippen LogP contribution in [0.5, 0.6) is 0 Å². The summed E-state index contributed by atoms with van der Waals surface area (Å²) in [4.78, 5) is 17.0. The molecular formula is C8H13N3O4S. The Bertz CT molecular complexity index is 477. The summed E-state index contributed by atoms with van der Waals surface area (Å²) in [6.45, 7) is 2.62. The Morgan fingerprint density at radius 3 is 2.50 bits per heavy atom. The van der Waals surface area contributed by atoms with Gasteiger partial charge < -0.3 is 10.1 Å². The molecule has 0 radical (unpaired) electrons. The molecule has 0 aliphatic carbocycles. The maximum absolute atomic E-state index is 11.9. The average Bonchev–Trinajstić information content (AvgIpc) is 2.69. The molecule has 1 aromatic rings. The van der Waals surface area contributed by atoms with Crippen LogP contribution in [0.2, 0.25) is 0 Å². The van der Waals surface area contributed by atoms with E-state index in [4.69, 9.17) is 5.11 Å². The van der Waals surface area contributed by atoms with Crippen molar-refractivity contribution in [3.05, 3.63) is 12.5 Å². The first-order valence-corrected chi connectivity index (χ1v) is 5.85. The van der Waals surface area contributed by atoms with E-state index in [1.54, 1.807) is 0 Å². The maximum atomic E-state index is 11.9. The molecule has 0 fully saturated rings. The molecule has 2 N–H and O–H groups in total. The third-order valence-electron chi connectivity index (χ3n) is 2.42. The van der Waals surface area contributed by atoms with E-state index in [-0.39, 0.29) is 5.03 Å². The molecule has 0 aromatic carbocycles. The van der Waals surface area contributed by atoms with Crippen LogP contribution in [0.25, 0.3) is 0 Å². The van der Waals surface area contributed by atoms with Gasteiger partial charge in [0.05, 0.1) is 12.5 Å². The van der Waals surface area contributed by atoms with E-state index in [1.807, 2.05) is 0 Å². The fraction of sp³-hybridized carbons (Fsp3) is 0.500. The SMILES string of the molecule is CN(C(C)(C)C(=O)O)S(=O)(=O)c1cnc[nH]1. The number of carboxylic acid groups (broad SMARTS) is 1. The van der Waals surface area contributed by atoms with E-state index in [0.717, 1.165) is 10.5 Å². The highest BCUT2D eigenvalue weighted by Crippen LogP contribution is 2.21. The predicted molar refractivity (Wildman–Crippen MR) is 55.3 cm³/mol. The van der Waals surface area contributed by atoms with Gasteiger partial charge in [-0.3, -0.25) is 4.79 Å². The van der Waals surface area contributed by atoms with Gasteiger partial charge in [-0.1, -0.05) is 0 Å². The van der Waals surface area contributed by atoms with Gasteiger partial charge in [0.2, 0.25) is 0 Å². The number of nitrogens with one attached hydrogen (secondary N) is 1. The van der Waals surface area contributed by atoms with Gasteiger partial charge >= 0.3 is 5.97 Å². The summed E-state index contributed by atoms with van der Waals surface area (Å²) < 4.78 is 24.7. The zero-order chi connectivity index (χ0) is 12.6. The van der Waals surface area contributed by atoms with Crippen LogP contribution in [0.1, 0.15) is 13.8 Å². The monoisotopic (exact) mass is 247 g/mol. The Labute approximate surface area is 93.2 Å². The zero-order valence-electron chi connectivity index (χ0n) is 9.13. The smallest absolute Gasteiger partial charge is 0.324 e. The molecule has 90 valence electrons. The van der Waals surface area contributed by atoms with Crippen LogP contribution < -0.4 is 0 Å². The number of hydrogen-bond acceptors (Lipinski definition) is 4. The van der Waals surface area contributed by atoms with E-state index < -0.39 is 21.5 Å². The number of nitrogens with zero attached hydrogens (tertiary/aromatic N) is 2. The van der Waals surface area contributed by atoms with Crippen LogP contribution in [0.15, 0.2) is 17.6 Å². The predicted octanol–water partition coefficient (Wildman–Crippen LogP) is -0.107. The second kappa shape index (κ2) is 3.87. The van der Waals surface area contributed by atoms with Gasteiger partial charge in [-0.25, -0.2) is 13.4 Å². The van der Waals surface area contributed by atoms with Gasteiger partial charge in [0.1, 0.15) is 5.54 Å². The highest BCUT2D eigenvalue weighted by atomic mass is 32.2. The third kappa shape index (κ3) is 1.93. The lowest BCUT2D eigenvalue weighted by atomic mass is 10.1. The first kappa shape index (κ1) is 12.7. The summed E-state index contributed by atoms with van der Waals surface area (Å²) in [5.41, 5.74) is -1.52. The molecule has 0 aliphatic rings. The van der Waals surface area contributed by atoms with Crippen molar-refractivity contribution >= 4 is 16.0 Å². The van der Waals surface area contributed by atoms with Crippen LogP contribution in [0, 0.1) is 0 Å². The zero-order valence-corrected chi connectivity index (χ0v) is 9.95. The van der Waals surface area contributed by atoms with Crippen molar-refractivity contribution in [3.8, 4) is 0 Å². The number of aromatic nitrogens is 2. The van der Waals surface area contributed by atoms with Crippen molar-refractivity contribution in [1.82, 2.24) is 14.3 Å². The molecule has 1 heterocycles. The molecule has 7 nitrogen and oxygen atoms in total. The number of aromatic amines is 1. The number of hydrogen-bond donors (Lipinski definition) is 2. The standard InChI is InChI=1S/C8H13N3O4S/c1-8(2,7(12)13)11(3)16(14,15)6-4-9-5-10-6/h4-5H,1-3H3,(H,9,10)(H,12,13). The second-order valence-electron chi connectivity index (χ2n) is 3.75. The van der Waals surface area contributed by atoms with Crippen LogP contribution in [0.4, 0.5) is 0 Å². The van der Waals surface area contributed by atoms with Crippen LogP contribution >= 0.6 is 0 Å². The number of carbonyl (C=O) groups is 1. The summed E-state index contributed by atoms with van der Waals surface area (Å²) in [7, 11) is -2.65. The molecule has 0 bridgehead atoms. The van der Waals surface area contributed by atoms with Gasteiger partial charge in [0.25, 0.3) is 10.0 Å². The first-order valence-electron chi connectivity index (χ1n) is 4.41. The summed E-state index contributed by atoms with van der Waals surface area (Å²) >= 11 is 0. The number of sulfonamides is 1. The van der Waals surface area contributed by atoms with Gasteiger partial charge in [-0.05, 0) is 13.8 Å². The number of rotatable bonds is 4. The van der Waals surface area contributed by atoms with Gasteiger partial charge in [0.15, 0.2) is 5.03 Å². The van der Waals surface area contributed by atoms with Gasteiger partial charge in [-0.15, -0.1) is 0 Å². The summed E-state index contributed by atoms with van der Waals surface area (Å²) in [5.74, 6) is -1.22. The van der Waals surface area contributed by atoms with Crippen LogP contribution in [-0.2, 0) is 14.8 Å². The Morgan fingerprint density at radius 2 is 2.12 bits per heavy atom. The molecule has 0 saturated heterocycles. The lowest BCUT2D eigenvalue weighted by molar-refractivity contribution is -0.145. The third-order valence-corrected chi connectivity index (χ3v) is 4.38. The molecule has 0 spiro atoms. The Balaban J connectivity index is 3.17. The minimum Gasteiger partial charge on any atom is -0.480 e. The van der Waals surface area contributed by atoms with Crippen molar-refractivity contribution in [2.24, 2.45) is 0 Å². The quantitative estimate of drug-likeness (QED) is 0.772.